The van der Waals surface area contributed by atoms with Gasteiger partial charge in [0.1, 0.15) is 24.2 Å². The monoisotopic (exact) mass is 597 g/mol. The van der Waals surface area contributed by atoms with Crippen molar-refractivity contribution in [3.8, 4) is 0 Å². The molecule has 43 heavy (non-hydrogen) atoms. The highest BCUT2D eigenvalue weighted by molar-refractivity contribution is 5.96. The topological polar surface area (TPSA) is 217 Å². The van der Waals surface area contributed by atoms with Crippen LogP contribution in [0.1, 0.15) is 38.3 Å². The van der Waals surface area contributed by atoms with Gasteiger partial charge in [-0.2, -0.15) is 0 Å². The van der Waals surface area contributed by atoms with Gasteiger partial charge in [0.05, 0.1) is 12.5 Å². The molecule has 8 N–H and O–H groups in total. The Morgan fingerprint density at radius 1 is 0.628 bits per heavy atom. The molecule has 4 amide bonds. The lowest BCUT2D eigenvalue weighted by atomic mass is 10.0. The molecule has 13 nitrogen and oxygen atoms in total. The van der Waals surface area contributed by atoms with Gasteiger partial charge in [0.25, 0.3) is 0 Å². The molecular formula is C30H39N5O8. The van der Waals surface area contributed by atoms with Crippen molar-refractivity contribution in [2.24, 2.45) is 11.7 Å². The number of hydrogen-bond acceptors (Lipinski definition) is 7. The molecule has 0 saturated heterocycles. The molecule has 0 aliphatic rings. The van der Waals surface area contributed by atoms with Crippen molar-refractivity contribution in [1.82, 2.24) is 21.3 Å². The van der Waals surface area contributed by atoms with Crippen LogP contribution in [0.3, 0.4) is 0 Å². The maximum absolute atomic E-state index is 13.6. The Morgan fingerprint density at radius 3 is 1.42 bits per heavy atom. The highest BCUT2D eigenvalue weighted by Gasteiger charge is 2.32. The van der Waals surface area contributed by atoms with E-state index in [1.54, 1.807) is 74.5 Å². The van der Waals surface area contributed by atoms with Crippen molar-refractivity contribution in [2.45, 2.75) is 70.2 Å². The number of nitrogens with one attached hydrogen (secondary N) is 4. The third kappa shape index (κ3) is 11.6. The Labute approximate surface area is 249 Å². The Hall–Kier alpha value is -4.78. The van der Waals surface area contributed by atoms with Crippen molar-refractivity contribution in [1.29, 1.82) is 0 Å². The average molecular weight is 598 g/mol. The highest BCUT2D eigenvalue weighted by Crippen LogP contribution is 2.09. The van der Waals surface area contributed by atoms with Crippen molar-refractivity contribution < 1.29 is 39.0 Å². The van der Waals surface area contributed by atoms with Gasteiger partial charge in [0, 0.05) is 12.8 Å². The molecule has 2 aromatic rings. The molecule has 13 heteroatoms. The third-order valence-corrected chi connectivity index (χ3v) is 6.59. The number of benzene rings is 2. The molecule has 0 aliphatic heterocycles. The number of carboxylic acids is 2. The summed E-state index contributed by atoms with van der Waals surface area (Å²) in [6.45, 7) is 4.66. The molecule has 0 aromatic heterocycles. The van der Waals surface area contributed by atoms with Crippen LogP contribution in [-0.2, 0) is 41.6 Å². The van der Waals surface area contributed by atoms with Crippen LogP contribution in [0.25, 0.3) is 0 Å². The zero-order valence-corrected chi connectivity index (χ0v) is 24.3. The molecule has 0 saturated carbocycles. The summed E-state index contributed by atoms with van der Waals surface area (Å²) < 4.78 is 0. The van der Waals surface area contributed by atoms with Gasteiger partial charge < -0.3 is 37.2 Å². The predicted molar refractivity (Wildman–Crippen MR) is 156 cm³/mol. The van der Waals surface area contributed by atoms with Gasteiger partial charge in [-0.05, 0) is 24.0 Å². The van der Waals surface area contributed by atoms with E-state index in [2.05, 4.69) is 21.3 Å². The fourth-order valence-electron chi connectivity index (χ4n) is 3.99. The quantitative estimate of drug-likeness (QED) is 0.138. The van der Waals surface area contributed by atoms with Gasteiger partial charge in [0.2, 0.25) is 23.6 Å². The van der Waals surface area contributed by atoms with Crippen LogP contribution in [0.4, 0.5) is 0 Å². The SMILES string of the molecule is CC(C)[C@H](N)C(=O)N[C@@H](CC(=O)O)C(=O)N[C@@H](Cc1ccccc1)C(=O)N[C@@H](Cc1ccccc1)C(=O)N[C@@H](C)C(=O)O. The van der Waals surface area contributed by atoms with E-state index < -0.39 is 72.2 Å². The van der Waals surface area contributed by atoms with Gasteiger partial charge in [-0.25, -0.2) is 0 Å². The molecule has 0 heterocycles. The summed E-state index contributed by atoms with van der Waals surface area (Å²) in [5.41, 5.74) is 7.19. The minimum absolute atomic E-state index is 0.0154. The lowest BCUT2D eigenvalue weighted by Gasteiger charge is -2.26. The number of carboxylic acid groups (broad SMARTS) is 2. The first-order valence-corrected chi connectivity index (χ1v) is 13.8. The summed E-state index contributed by atoms with van der Waals surface area (Å²) >= 11 is 0. The lowest BCUT2D eigenvalue weighted by molar-refractivity contribution is -0.141. The fraction of sp³-hybridized carbons (Fsp3) is 0.400. The number of carbonyl (C=O) groups excluding carboxylic acids is 4. The second-order valence-corrected chi connectivity index (χ2v) is 10.5. The standard InChI is InChI=1S/C30H39N5O8/c1-17(2)25(31)29(41)35-23(16-24(36)37)28(40)34-22(15-20-12-8-5-9-13-20)27(39)33-21(14-19-10-6-4-7-11-19)26(38)32-18(3)30(42)43/h4-13,17-18,21-23,25H,14-16,31H2,1-3H3,(H,32,38)(H,33,39)(H,34,40)(H,35,41)(H,36,37)(H,42,43)/t18-,21-,22-,23-,25-/m0/s1. The largest absolute Gasteiger partial charge is 0.481 e. The maximum Gasteiger partial charge on any atom is 0.325 e. The van der Waals surface area contributed by atoms with E-state index >= 15 is 0 Å². The van der Waals surface area contributed by atoms with E-state index in [0.717, 1.165) is 0 Å². The molecule has 0 aliphatic carbocycles. The van der Waals surface area contributed by atoms with Gasteiger partial charge in [0.15, 0.2) is 0 Å². The van der Waals surface area contributed by atoms with Crippen molar-refractivity contribution in [3.63, 3.8) is 0 Å². The Kier molecular flexibility index (Phi) is 13.3. The molecule has 2 aromatic carbocycles. The van der Waals surface area contributed by atoms with Crippen LogP contribution in [0.5, 0.6) is 0 Å². The van der Waals surface area contributed by atoms with E-state index in [9.17, 15) is 39.0 Å². The first kappa shape index (κ1) is 34.4. The van der Waals surface area contributed by atoms with Crippen LogP contribution >= 0.6 is 0 Å². The van der Waals surface area contributed by atoms with E-state index in [-0.39, 0.29) is 18.8 Å². The minimum atomic E-state index is -1.54. The normalized spacial score (nSPS) is 14.3. The number of aliphatic carboxylic acids is 2. The second kappa shape index (κ2) is 16.6. The Morgan fingerprint density at radius 2 is 1.02 bits per heavy atom. The van der Waals surface area contributed by atoms with Crippen LogP contribution in [0.2, 0.25) is 0 Å². The molecule has 0 radical (unpaired) electrons. The molecule has 5 atom stereocenters. The summed E-state index contributed by atoms with van der Waals surface area (Å²) in [4.78, 5) is 75.4. The molecule has 0 bridgehead atoms. The molecule has 0 fully saturated rings. The number of hydrogen-bond donors (Lipinski definition) is 7. The van der Waals surface area contributed by atoms with E-state index in [0.29, 0.717) is 11.1 Å². The van der Waals surface area contributed by atoms with Gasteiger partial charge in [-0.15, -0.1) is 0 Å². The highest BCUT2D eigenvalue weighted by atomic mass is 16.4. The minimum Gasteiger partial charge on any atom is -0.481 e. The number of amides is 4. The summed E-state index contributed by atoms with van der Waals surface area (Å²) in [7, 11) is 0. The second-order valence-electron chi connectivity index (χ2n) is 10.5. The molecular weight excluding hydrogens is 558 g/mol. The van der Waals surface area contributed by atoms with Crippen LogP contribution in [0.15, 0.2) is 60.7 Å². The Bertz CT molecular complexity index is 1270. The number of nitrogens with two attached hydrogens (primary N) is 1. The number of carbonyl (C=O) groups is 6. The zero-order valence-electron chi connectivity index (χ0n) is 24.3. The maximum atomic E-state index is 13.6. The van der Waals surface area contributed by atoms with E-state index in [4.69, 9.17) is 5.73 Å². The zero-order chi connectivity index (χ0) is 32.1. The lowest BCUT2D eigenvalue weighted by Crippen LogP contribution is -2.59. The molecule has 0 spiro atoms. The van der Waals surface area contributed by atoms with Crippen LogP contribution in [-0.4, -0.2) is 76.0 Å². The first-order valence-electron chi connectivity index (χ1n) is 13.8. The summed E-state index contributed by atoms with van der Waals surface area (Å²) in [6.07, 6.45) is -0.793. The van der Waals surface area contributed by atoms with Crippen LogP contribution in [0, 0.1) is 5.92 Å². The van der Waals surface area contributed by atoms with Gasteiger partial charge in [-0.1, -0.05) is 74.5 Å². The fourth-order valence-corrected chi connectivity index (χ4v) is 3.99. The number of rotatable bonds is 16. The van der Waals surface area contributed by atoms with E-state index in [1.807, 2.05) is 0 Å². The first-order chi connectivity index (χ1) is 20.3. The third-order valence-electron chi connectivity index (χ3n) is 6.59. The summed E-state index contributed by atoms with van der Waals surface area (Å²) in [6, 6.07) is 11.1. The van der Waals surface area contributed by atoms with E-state index in [1.165, 1.54) is 6.92 Å². The molecule has 232 valence electrons. The molecule has 2 rings (SSSR count). The smallest absolute Gasteiger partial charge is 0.325 e. The Balaban J connectivity index is 2.35. The summed E-state index contributed by atoms with van der Waals surface area (Å²) in [5.74, 6) is -6.13. The van der Waals surface area contributed by atoms with Crippen LogP contribution < -0.4 is 27.0 Å². The molecule has 0 unspecified atom stereocenters. The van der Waals surface area contributed by atoms with Crippen molar-refractivity contribution in [2.75, 3.05) is 0 Å². The van der Waals surface area contributed by atoms with Gasteiger partial charge >= 0.3 is 11.9 Å². The predicted octanol–water partition coefficient (Wildman–Crippen LogP) is -0.0265. The summed E-state index contributed by atoms with van der Waals surface area (Å²) in [5, 5.41) is 28.4. The van der Waals surface area contributed by atoms with Crippen molar-refractivity contribution in [3.05, 3.63) is 71.8 Å². The van der Waals surface area contributed by atoms with Crippen molar-refractivity contribution >= 4 is 35.6 Å². The average Bonchev–Trinajstić information content (AvgIpc) is 2.96. The van der Waals surface area contributed by atoms with Gasteiger partial charge in [-0.3, -0.25) is 28.8 Å².